The third kappa shape index (κ3) is 2.94. The molecular weight excluding hydrogens is 310 g/mol. The van der Waals surface area contributed by atoms with Gasteiger partial charge in [0.05, 0.1) is 12.0 Å². The van der Waals surface area contributed by atoms with E-state index in [1.54, 1.807) is 17.6 Å². The molecule has 0 amide bonds. The van der Waals surface area contributed by atoms with E-state index in [9.17, 15) is 0 Å². The van der Waals surface area contributed by atoms with Crippen LogP contribution in [-0.2, 0) is 25.9 Å². The molecule has 23 heavy (non-hydrogen) atoms. The Bertz CT molecular complexity index is 763. The zero-order valence-corrected chi connectivity index (χ0v) is 13.8. The number of aryl methyl sites for hydroxylation is 2. The van der Waals surface area contributed by atoms with Crippen molar-refractivity contribution in [3.05, 3.63) is 41.1 Å². The van der Waals surface area contributed by atoms with Crippen LogP contribution in [0.2, 0.25) is 0 Å². The minimum Gasteiger partial charge on any atom is -0.462 e. The summed E-state index contributed by atoms with van der Waals surface area (Å²) in [7, 11) is 0. The summed E-state index contributed by atoms with van der Waals surface area (Å²) in [6.07, 6.45) is 4.69. The van der Waals surface area contributed by atoms with Crippen LogP contribution in [0.25, 0.3) is 10.8 Å². The van der Waals surface area contributed by atoms with Crippen LogP contribution in [-0.4, -0.2) is 25.8 Å². The third-order valence-electron chi connectivity index (χ3n) is 4.20. The number of hydrogen-bond donors (Lipinski definition) is 1. The van der Waals surface area contributed by atoms with Crippen LogP contribution >= 0.6 is 11.3 Å². The van der Waals surface area contributed by atoms with E-state index in [4.69, 9.17) is 4.42 Å². The second-order valence-corrected chi connectivity index (χ2v) is 6.59. The second kappa shape index (κ2) is 6.25. The maximum Gasteiger partial charge on any atom is 0.162 e. The Morgan fingerprint density at radius 3 is 3.22 bits per heavy atom. The Morgan fingerprint density at radius 1 is 1.43 bits per heavy atom. The van der Waals surface area contributed by atoms with Gasteiger partial charge in [0, 0.05) is 37.4 Å². The summed E-state index contributed by atoms with van der Waals surface area (Å²) in [5, 5.41) is 15.2. The first-order valence-electron chi connectivity index (χ1n) is 7.96. The van der Waals surface area contributed by atoms with Crippen LogP contribution in [0.15, 0.2) is 28.2 Å². The Kier molecular flexibility index (Phi) is 3.97. The molecule has 6 nitrogen and oxygen atoms in total. The summed E-state index contributed by atoms with van der Waals surface area (Å²) < 4.78 is 7.65. The monoisotopic (exact) mass is 329 g/mol. The molecular formula is C16H19N5OS. The van der Waals surface area contributed by atoms with Gasteiger partial charge < -0.3 is 14.3 Å². The maximum atomic E-state index is 5.39. The van der Waals surface area contributed by atoms with Crippen molar-refractivity contribution in [1.29, 1.82) is 0 Å². The molecule has 3 aromatic heterocycles. The molecule has 0 radical (unpaired) electrons. The van der Waals surface area contributed by atoms with Crippen LogP contribution < -0.4 is 5.32 Å². The number of nitrogens with one attached hydrogen (secondary N) is 1. The van der Waals surface area contributed by atoms with Gasteiger partial charge >= 0.3 is 0 Å². The van der Waals surface area contributed by atoms with E-state index >= 15 is 0 Å². The largest absolute Gasteiger partial charge is 0.462 e. The molecule has 3 aromatic rings. The van der Waals surface area contributed by atoms with E-state index in [0.717, 1.165) is 60.5 Å². The molecule has 0 unspecified atom stereocenters. The Balaban J connectivity index is 1.38. The lowest BCUT2D eigenvalue weighted by atomic mass is 10.1. The molecule has 1 aliphatic rings. The van der Waals surface area contributed by atoms with E-state index in [0.29, 0.717) is 6.04 Å². The number of nitrogens with zero attached hydrogens (tertiary/aromatic N) is 4. The molecule has 0 saturated carbocycles. The zero-order valence-electron chi connectivity index (χ0n) is 13.0. The van der Waals surface area contributed by atoms with E-state index in [1.807, 2.05) is 12.1 Å². The lowest BCUT2D eigenvalue weighted by Crippen LogP contribution is -2.37. The topological polar surface area (TPSA) is 68.8 Å². The highest BCUT2D eigenvalue weighted by molar-refractivity contribution is 7.13. The van der Waals surface area contributed by atoms with Crippen LogP contribution in [0.3, 0.4) is 0 Å². The van der Waals surface area contributed by atoms with Crippen molar-refractivity contribution < 1.29 is 4.42 Å². The first-order chi connectivity index (χ1) is 11.3. The lowest BCUT2D eigenvalue weighted by molar-refractivity contribution is 0.372. The van der Waals surface area contributed by atoms with E-state index in [-0.39, 0.29) is 0 Å². The number of hydrogen-bond acceptors (Lipinski definition) is 6. The van der Waals surface area contributed by atoms with Gasteiger partial charge in [0.2, 0.25) is 0 Å². The number of rotatable bonds is 5. The molecule has 0 saturated heterocycles. The molecule has 1 N–H and O–H groups in total. The molecule has 4 heterocycles. The van der Waals surface area contributed by atoms with Gasteiger partial charge in [-0.25, -0.2) is 4.98 Å². The minimum atomic E-state index is 0.442. The predicted molar refractivity (Wildman–Crippen MR) is 88.2 cm³/mol. The van der Waals surface area contributed by atoms with Gasteiger partial charge in [-0.2, -0.15) is 0 Å². The van der Waals surface area contributed by atoms with E-state index < -0.39 is 0 Å². The van der Waals surface area contributed by atoms with Crippen LogP contribution in [0.1, 0.15) is 30.7 Å². The van der Waals surface area contributed by atoms with Gasteiger partial charge in [0.15, 0.2) is 10.8 Å². The second-order valence-electron chi connectivity index (χ2n) is 5.73. The van der Waals surface area contributed by atoms with Gasteiger partial charge in [-0.1, -0.05) is 6.92 Å². The summed E-state index contributed by atoms with van der Waals surface area (Å²) in [6.45, 7) is 3.85. The van der Waals surface area contributed by atoms with E-state index in [1.165, 1.54) is 0 Å². The molecule has 7 heteroatoms. The van der Waals surface area contributed by atoms with Gasteiger partial charge in [-0.05, 0) is 18.6 Å². The normalized spacial score (nSPS) is 17.3. The van der Waals surface area contributed by atoms with Gasteiger partial charge in [-0.15, -0.1) is 21.5 Å². The summed E-state index contributed by atoms with van der Waals surface area (Å²) in [6, 6.07) is 4.27. The van der Waals surface area contributed by atoms with Gasteiger partial charge in [-0.3, -0.25) is 0 Å². The van der Waals surface area contributed by atoms with Crippen LogP contribution in [0, 0.1) is 0 Å². The molecule has 0 aliphatic carbocycles. The fraction of sp³-hybridized carbons (Fsp3) is 0.438. The molecule has 1 aliphatic heterocycles. The first-order valence-corrected chi connectivity index (χ1v) is 8.84. The van der Waals surface area contributed by atoms with Crippen LogP contribution in [0.4, 0.5) is 0 Å². The molecule has 0 bridgehead atoms. The quantitative estimate of drug-likeness (QED) is 0.779. The molecule has 1 atom stereocenters. The minimum absolute atomic E-state index is 0.442. The average molecular weight is 329 g/mol. The molecule has 0 spiro atoms. The highest BCUT2D eigenvalue weighted by atomic mass is 32.1. The van der Waals surface area contributed by atoms with Crippen molar-refractivity contribution in [2.45, 2.75) is 45.3 Å². The zero-order chi connectivity index (χ0) is 15.6. The van der Waals surface area contributed by atoms with Crippen molar-refractivity contribution >= 4 is 11.3 Å². The standard InChI is InChI=1S/C16H19N5OS/c1-2-14-19-20-15-6-5-11(9-21(14)15)17-8-12-10-23-16(18-12)13-4-3-7-22-13/h3-4,7,10-11,17H,2,5-6,8-9H2,1H3/t11-/m1/s1. The number of fused-ring (bicyclic) bond motifs is 1. The summed E-state index contributed by atoms with van der Waals surface area (Å²) in [5.41, 5.74) is 1.06. The van der Waals surface area contributed by atoms with E-state index in [2.05, 4.69) is 37.4 Å². The van der Waals surface area contributed by atoms with Crippen molar-refractivity contribution in [3.8, 4) is 10.8 Å². The van der Waals surface area contributed by atoms with Crippen molar-refractivity contribution in [2.24, 2.45) is 0 Å². The highest BCUT2D eigenvalue weighted by Gasteiger charge is 2.22. The Labute approximate surface area is 138 Å². The highest BCUT2D eigenvalue weighted by Crippen LogP contribution is 2.24. The predicted octanol–water partition coefficient (Wildman–Crippen LogP) is 2.66. The number of furan rings is 1. The Morgan fingerprint density at radius 2 is 2.39 bits per heavy atom. The third-order valence-corrected chi connectivity index (χ3v) is 5.10. The smallest absolute Gasteiger partial charge is 0.162 e. The van der Waals surface area contributed by atoms with Crippen molar-refractivity contribution in [1.82, 2.24) is 25.1 Å². The fourth-order valence-electron chi connectivity index (χ4n) is 2.96. The first kappa shape index (κ1) is 14.6. The molecule has 0 aromatic carbocycles. The summed E-state index contributed by atoms with van der Waals surface area (Å²) >= 11 is 1.62. The average Bonchev–Trinajstić information content (AvgIpc) is 3.31. The van der Waals surface area contributed by atoms with Crippen molar-refractivity contribution in [2.75, 3.05) is 0 Å². The summed E-state index contributed by atoms with van der Waals surface area (Å²) in [5.74, 6) is 3.04. The lowest BCUT2D eigenvalue weighted by Gasteiger charge is -2.25. The van der Waals surface area contributed by atoms with Crippen molar-refractivity contribution in [3.63, 3.8) is 0 Å². The maximum absolute atomic E-state index is 5.39. The fourth-order valence-corrected chi connectivity index (χ4v) is 3.75. The Hall–Kier alpha value is -1.99. The van der Waals surface area contributed by atoms with Gasteiger partial charge in [0.25, 0.3) is 0 Å². The molecule has 4 rings (SSSR count). The number of aromatic nitrogens is 4. The van der Waals surface area contributed by atoms with Gasteiger partial charge in [0.1, 0.15) is 11.6 Å². The molecule has 120 valence electrons. The summed E-state index contributed by atoms with van der Waals surface area (Å²) in [4.78, 5) is 4.64. The molecule has 0 fully saturated rings. The number of thiazole rings is 1. The van der Waals surface area contributed by atoms with Crippen LogP contribution in [0.5, 0.6) is 0 Å². The SMILES string of the molecule is CCc1nnc2n1C[C@H](NCc1csc(-c3ccco3)n1)CC2.